The van der Waals surface area contributed by atoms with Crippen molar-refractivity contribution in [2.24, 2.45) is 5.73 Å². The fourth-order valence-corrected chi connectivity index (χ4v) is 2.60. The summed E-state index contributed by atoms with van der Waals surface area (Å²) in [5.41, 5.74) is 7.30. The fourth-order valence-electron chi connectivity index (χ4n) is 1.68. The minimum Gasteiger partial charge on any atom is -0.494 e. The van der Waals surface area contributed by atoms with Crippen molar-refractivity contribution in [2.75, 3.05) is 31.8 Å². The van der Waals surface area contributed by atoms with Gasteiger partial charge in [0.25, 0.3) is 0 Å². The maximum atomic E-state index is 6.21. The molecule has 1 aromatic carbocycles. The average molecular weight is 269 g/mol. The van der Waals surface area contributed by atoms with Gasteiger partial charge in [-0.25, -0.2) is 0 Å². The summed E-state index contributed by atoms with van der Waals surface area (Å²) in [6.07, 6.45) is 1.07. The molecule has 1 unspecified atom stereocenters. The van der Waals surface area contributed by atoms with Gasteiger partial charge in [-0.1, -0.05) is 18.2 Å². The van der Waals surface area contributed by atoms with Crippen LogP contribution in [0.2, 0.25) is 0 Å². The second-order valence-electron chi connectivity index (χ2n) is 4.00. The van der Waals surface area contributed by atoms with Crippen LogP contribution in [0.1, 0.15) is 24.9 Å². The van der Waals surface area contributed by atoms with Crippen molar-refractivity contribution < 1.29 is 9.47 Å². The zero-order valence-corrected chi connectivity index (χ0v) is 12.0. The van der Waals surface area contributed by atoms with Crippen LogP contribution in [0, 0.1) is 0 Å². The van der Waals surface area contributed by atoms with Crippen molar-refractivity contribution in [3.05, 3.63) is 29.8 Å². The third kappa shape index (κ3) is 5.29. The monoisotopic (exact) mass is 269 g/mol. The summed E-state index contributed by atoms with van der Waals surface area (Å²) in [6.45, 7) is 3.48. The van der Waals surface area contributed by atoms with Gasteiger partial charge in [-0.05, 0) is 25.2 Å². The van der Waals surface area contributed by atoms with Crippen molar-refractivity contribution in [3.63, 3.8) is 0 Å². The normalized spacial score (nSPS) is 12.4. The van der Waals surface area contributed by atoms with Gasteiger partial charge in [0.2, 0.25) is 0 Å². The van der Waals surface area contributed by atoms with E-state index in [1.807, 2.05) is 43.0 Å². The number of hydrogen-bond acceptors (Lipinski definition) is 4. The van der Waals surface area contributed by atoms with Crippen molar-refractivity contribution in [3.8, 4) is 5.75 Å². The predicted octanol–water partition coefficient (Wildman–Crippen LogP) is 2.85. The molecule has 0 saturated carbocycles. The van der Waals surface area contributed by atoms with E-state index in [-0.39, 0.29) is 6.04 Å². The predicted molar refractivity (Wildman–Crippen MR) is 78.4 cm³/mol. The van der Waals surface area contributed by atoms with E-state index in [4.69, 9.17) is 15.2 Å². The van der Waals surface area contributed by atoms with Crippen molar-refractivity contribution in [2.45, 2.75) is 19.4 Å². The number of benzene rings is 1. The Morgan fingerprint density at radius 1 is 1.33 bits per heavy atom. The summed E-state index contributed by atoms with van der Waals surface area (Å²) in [6, 6.07) is 8.04. The van der Waals surface area contributed by atoms with Gasteiger partial charge in [0.15, 0.2) is 0 Å². The van der Waals surface area contributed by atoms with Crippen LogP contribution < -0.4 is 10.5 Å². The molecule has 0 spiro atoms. The van der Waals surface area contributed by atoms with Crippen LogP contribution in [-0.2, 0) is 4.74 Å². The molecule has 0 amide bonds. The molecule has 0 aliphatic heterocycles. The smallest absolute Gasteiger partial charge is 0.124 e. The zero-order valence-electron chi connectivity index (χ0n) is 11.2. The molecule has 0 radical (unpaired) electrons. The number of thioether (sulfide) groups is 1. The second-order valence-corrected chi connectivity index (χ2v) is 5.15. The van der Waals surface area contributed by atoms with Gasteiger partial charge >= 0.3 is 0 Å². The van der Waals surface area contributed by atoms with Gasteiger partial charge in [-0.3, -0.25) is 0 Å². The first-order valence-corrected chi connectivity index (χ1v) is 7.49. The molecule has 0 heterocycles. The Bertz CT molecular complexity index is 333. The first kappa shape index (κ1) is 15.3. The van der Waals surface area contributed by atoms with Crippen molar-refractivity contribution in [1.82, 2.24) is 0 Å². The molecule has 4 heteroatoms. The van der Waals surface area contributed by atoms with Gasteiger partial charge < -0.3 is 15.2 Å². The van der Waals surface area contributed by atoms with Crippen LogP contribution in [-0.4, -0.2) is 31.8 Å². The number of nitrogens with two attached hydrogens (primary N) is 1. The van der Waals surface area contributed by atoms with Crippen LogP contribution in [0.25, 0.3) is 0 Å². The molecule has 0 saturated heterocycles. The van der Waals surface area contributed by atoms with Crippen LogP contribution >= 0.6 is 11.8 Å². The average Bonchev–Trinajstić information content (AvgIpc) is 2.39. The number of ether oxygens (including phenoxy) is 2. The third-order valence-corrected chi connectivity index (χ3v) is 3.73. The lowest BCUT2D eigenvalue weighted by Crippen LogP contribution is -2.15. The van der Waals surface area contributed by atoms with Gasteiger partial charge in [0.05, 0.1) is 6.61 Å². The summed E-state index contributed by atoms with van der Waals surface area (Å²) < 4.78 is 10.6. The standard InChI is InChI=1S/C14H23NO2S/c1-3-17-14-8-5-4-7-12(14)13(15)11-18-10-6-9-16-2/h4-5,7-8,13H,3,6,9-11,15H2,1-2H3. The minimum absolute atomic E-state index is 0.0281. The molecule has 1 aromatic rings. The first-order valence-electron chi connectivity index (χ1n) is 6.33. The highest BCUT2D eigenvalue weighted by Gasteiger charge is 2.11. The maximum Gasteiger partial charge on any atom is 0.124 e. The summed E-state index contributed by atoms with van der Waals surface area (Å²) in [7, 11) is 1.73. The van der Waals surface area contributed by atoms with Crippen LogP contribution in [0.15, 0.2) is 24.3 Å². The van der Waals surface area contributed by atoms with E-state index in [1.54, 1.807) is 7.11 Å². The summed E-state index contributed by atoms with van der Waals surface area (Å²) in [4.78, 5) is 0. The van der Waals surface area contributed by atoms with Gasteiger partial charge in [-0.15, -0.1) is 0 Å². The molecule has 1 atom stereocenters. The highest BCUT2D eigenvalue weighted by molar-refractivity contribution is 7.99. The number of methoxy groups -OCH3 is 1. The molecule has 102 valence electrons. The number of hydrogen-bond donors (Lipinski definition) is 1. The molecule has 0 aliphatic carbocycles. The molecular formula is C14H23NO2S. The molecule has 0 fully saturated rings. The fraction of sp³-hybridized carbons (Fsp3) is 0.571. The summed E-state index contributed by atoms with van der Waals surface area (Å²) >= 11 is 1.86. The van der Waals surface area contributed by atoms with Gasteiger partial charge in [-0.2, -0.15) is 11.8 Å². The van der Waals surface area contributed by atoms with Crippen molar-refractivity contribution >= 4 is 11.8 Å². The van der Waals surface area contributed by atoms with Crippen LogP contribution in [0.3, 0.4) is 0 Å². The number of rotatable bonds is 9. The lowest BCUT2D eigenvalue weighted by Gasteiger charge is -2.16. The topological polar surface area (TPSA) is 44.5 Å². The Morgan fingerprint density at radius 2 is 2.11 bits per heavy atom. The molecular weight excluding hydrogens is 246 g/mol. The molecule has 0 aromatic heterocycles. The van der Waals surface area contributed by atoms with Gasteiger partial charge in [0, 0.05) is 31.1 Å². The SMILES string of the molecule is CCOc1ccccc1C(N)CSCCCOC. The largest absolute Gasteiger partial charge is 0.494 e. The highest BCUT2D eigenvalue weighted by atomic mass is 32.2. The van der Waals surface area contributed by atoms with Gasteiger partial charge in [0.1, 0.15) is 5.75 Å². The van der Waals surface area contributed by atoms with E-state index >= 15 is 0 Å². The Labute approximate surface area is 114 Å². The summed E-state index contributed by atoms with van der Waals surface area (Å²) in [5.74, 6) is 2.90. The molecule has 0 aliphatic rings. The third-order valence-electron chi connectivity index (χ3n) is 2.55. The van der Waals surface area contributed by atoms with E-state index in [1.165, 1.54) is 0 Å². The molecule has 0 bridgehead atoms. The lowest BCUT2D eigenvalue weighted by molar-refractivity contribution is 0.200. The maximum absolute atomic E-state index is 6.21. The van der Waals surface area contributed by atoms with Crippen LogP contribution in [0.4, 0.5) is 0 Å². The van der Waals surface area contributed by atoms with E-state index in [0.29, 0.717) is 6.61 Å². The molecule has 2 N–H and O–H groups in total. The van der Waals surface area contributed by atoms with E-state index in [9.17, 15) is 0 Å². The zero-order chi connectivity index (χ0) is 13.2. The Hall–Kier alpha value is -0.710. The lowest BCUT2D eigenvalue weighted by atomic mass is 10.1. The molecule has 18 heavy (non-hydrogen) atoms. The first-order chi connectivity index (χ1) is 8.79. The quantitative estimate of drug-likeness (QED) is 0.700. The number of para-hydroxylation sites is 1. The van der Waals surface area contributed by atoms with E-state index in [2.05, 4.69) is 0 Å². The van der Waals surface area contributed by atoms with Crippen molar-refractivity contribution in [1.29, 1.82) is 0 Å². The second kappa shape index (κ2) is 9.25. The van der Waals surface area contributed by atoms with Crippen LogP contribution in [0.5, 0.6) is 5.75 Å². The Balaban J connectivity index is 2.42. The van der Waals surface area contributed by atoms with E-state index in [0.717, 1.165) is 35.8 Å². The minimum atomic E-state index is 0.0281. The molecule has 3 nitrogen and oxygen atoms in total. The van der Waals surface area contributed by atoms with E-state index < -0.39 is 0 Å². The summed E-state index contributed by atoms with van der Waals surface area (Å²) in [5, 5.41) is 0. The Kier molecular flexibility index (Phi) is 7.89. The highest BCUT2D eigenvalue weighted by Crippen LogP contribution is 2.26. The Morgan fingerprint density at radius 3 is 2.83 bits per heavy atom. The molecule has 1 rings (SSSR count).